The molecule has 1 saturated heterocycles. The molecule has 0 aromatic heterocycles. The number of carbonyl (C=O) groups excluding carboxylic acids is 1. The Morgan fingerprint density at radius 1 is 1.53 bits per heavy atom. The lowest BCUT2D eigenvalue weighted by atomic mass is 10.2. The van der Waals surface area contributed by atoms with Crippen molar-refractivity contribution in [3.8, 4) is 5.75 Å². The van der Waals surface area contributed by atoms with Gasteiger partial charge in [-0.25, -0.2) is 4.79 Å². The maximum absolute atomic E-state index is 11.3. The molecule has 0 aliphatic carbocycles. The second kappa shape index (κ2) is 5.40. The summed E-state index contributed by atoms with van der Waals surface area (Å²) in [5.41, 5.74) is 1.10. The molecule has 1 heterocycles. The standard InChI is InChI=1S/C12H15BrN2O2/c1-9-2-3-10(13)8-11(9)17-7-6-15-5-4-14-12(15)16/h2-3,8H,4-7H2,1H3,(H,14,16). The fraction of sp³-hybridized carbons (Fsp3) is 0.417. The molecule has 1 fully saturated rings. The predicted octanol–water partition coefficient (Wildman–Crippen LogP) is 2.16. The maximum atomic E-state index is 11.3. The van der Waals surface area contributed by atoms with Gasteiger partial charge in [-0.2, -0.15) is 0 Å². The number of rotatable bonds is 4. The molecule has 0 atom stereocenters. The Morgan fingerprint density at radius 3 is 3.06 bits per heavy atom. The summed E-state index contributed by atoms with van der Waals surface area (Å²) in [4.78, 5) is 13.0. The summed E-state index contributed by atoms with van der Waals surface area (Å²) in [7, 11) is 0. The van der Waals surface area contributed by atoms with Gasteiger partial charge >= 0.3 is 6.03 Å². The minimum atomic E-state index is -0.000404. The molecule has 4 nitrogen and oxygen atoms in total. The van der Waals surface area contributed by atoms with E-state index < -0.39 is 0 Å². The normalized spacial score (nSPS) is 14.9. The van der Waals surface area contributed by atoms with E-state index in [1.54, 1.807) is 4.90 Å². The van der Waals surface area contributed by atoms with Crippen LogP contribution in [0.1, 0.15) is 5.56 Å². The van der Waals surface area contributed by atoms with Crippen molar-refractivity contribution in [3.05, 3.63) is 28.2 Å². The number of nitrogens with one attached hydrogen (secondary N) is 1. The van der Waals surface area contributed by atoms with Crippen molar-refractivity contribution >= 4 is 22.0 Å². The fourth-order valence-corrected chi connectivity index (χ4v) is 2.06. The lowest BCUT2D eigenvalue weighted by Crippen LogP contribution is -2.31. The number of ether oxygens (including phenoxy) is 1. The van der Waals surface area contributed by atoms with Crippen LogP contribution >= 0.6 is 15.9 Å². The summed E-state index contributed by atoms with van der Waals surface area (Å²) in [5, 5.41) is 2.76. The minimum absolute atomic E-state index is 0.000404. The van der Waals surface area contributed by atoms with Crippen LogP contribution in [0.15, 0.2) is 22.7 Å². The van der Waals surface area contributed by atoms with E-state index in [2.05, 4.69) is 21.2 Å². The first-order chi connectivity index (χ1) is 8.16. The first-order valence-corrected chi connectivity index (χ1v) is 6.38. The number of carbonyl (C=O) groups is 1. The van der Waals surface area contributed by atoms with Gasteiger partial charge in [0.1, 0.15) is 12.4 Å². The Kier molecular flexibility index (Phi) is 3.89. The monoisotopic (exact) mass is 298 g/mol. The van der Waals surface area contributed by atoms with E-state index in [9.17, 15) is 4.79 Å². The van der Waals surface area contributed by atoms with E-state index >= 15 is 0 Å². The Labute approximate surface area is 109 Å². The molecule has 1 N–H and O–H groups in total. The zero-order valence-corrected chi connectivity index (χ0v) is 11.3. The van der Waals surface area contributed by atoms with Crippen LogP contribution in [0, 0.1) is 6.92 Å². The predicted molar refractivity (Wildman–Crippen MR) is 69.3 cm³/mol. The molecule has 2 amide bonds. The van der Waals surface area contributed by atoms with Crippen LogP contribution in [0.3, 0.4) is 0 Å². The van der Waals surface area contributed by atoms with Crippen LogP contribution in [-0.4, -0.2) is 37.2 Å². The summed E-state index contributed by atoms with van der Waals surface area (Å²) >= 11 is 3.41. The number of halogens is 1. The van der Waals surface area contributed by atoms with Crippen molar-refractivity contribution in [1.29, 1.82) is 0 Å². The highest BCUT2D eigenvalue weighted by atomic mass is 79.9. The summed E-state index contributed by atoms with van der Waals surface area (Å²) in [6.07, 6.45) is 0. The van der Waals surface area contributed by atoms with Crippen LogP contribution in [0.5, 0.6) is 5.75 Å². The molecule has 0 bridgehead atoms. The molecule has 5 heteroatoms. The fourth-order valence-electron chi connectivity index (χ4n) is 1.72. The van der Waals surface area contributed by atoms with Crippen molar-refractivity contribution in [3.63, 3.8) is 0 Å². The quantitative estimate of drug-likeness (QED) is 0.925. The number of nitrogens with zero attached hydrogens (tertiary/aromatic N) is 1. The van der Waals surface area contributed by atoms with Crippen molar-refractivity contribution in [2.45, 2.75) is 6.92 Å². The third-order valence-corrected chi connectivity index (χ3v) is 3.21. The largest absolute Gasteiger partial charge is 0.491 e. The molecule has 0 spiro atoms. The average Bonchev–Trinajstić information content (AvgIpc) is 2.70. The summed E-state index contributed by atoms with van der Waals surface area (Å²) < 4.78 is 6.67. The topological polar surface area (TPSA) is 41.6 Å². The number of hydrogen-bond acceptors (Lipinski definition) is 2. The van der Waals surface area contributed by atoms with Crippen molar-refractivity contribution in [2.24, 2.45) is 0 Å². The zero-order valence-electron chi connectivity index (χ0n) is 9.70. The zero-order chi connectivity index (χ0) is 12.3. The number of amides is 2. The van der Waals surface area contributed by atoms with Gasteiger partial charge in [-0.15, -0.1) is 0 Å². The van der Waals surface area contributed by atoms with Gasteiger partial charge in [0.25, 0.3) is 0 Å². The number of benzene rings is 1. The second-order valence-corrected chi connectivity index (χ2v) is 4.89. The van der Waals surface area contributed by atoms with E-state index in [1.165, 1.54) is 0 Å². The summed E-state index contributed by atoms with van der Waals surface area (Å²) in [6, 6.07) is 5.93. The maximum Gasteiger partial charge on any atom is 0.317 e. The molecule has 1 aliphatic heterocycles. The van der Waals surface area contributed by atoms with Crippen molar-refractivity contribution in [2.75, 3.05) is 26.2 Å². The molecule has 1 aliphatic rings. The molecule has 0 unspecified atom stereocenters. The highest BCUT2D eigenvalue weighted by Crippen LogP contribution is 2.22. The molecular weight excluding hydrogens is 284 g/mol. The van der Waals surface area contributed by atoms with E-state index in [0.717, 1.165) is 28.9 Å². The molecule has 92 valence electrons. The first kappa shape index (κ1) is 12.2. The Balaban J connectivity index is 1.85. The highest BCUT2D eigenvalue weighted by molar-refractivity contribution is 9.10. The van der Waals surface area contributed by atoms with Gasteiger partial charge in [0.05, 0.1) is 6.54 Å². The van der Waals surface area contributed by atoms with Crippen LogP contribution in [0.2, 0.25) is 0 Å². The SMILES string of the molecule is Cc1ccc(Br)cc1OCCN1CCNC1=O. The van der Waals surface area contributed by atoms with E-state index in [1.807, 2.05) is 25.1 Å². The number of urea groups is 1. The van der Waals surface area contributed by atoms with Gasteiger partial charge in [0.2, 0.25) is 0 Å². The summed E-state index contributed by atoms with van der Waals surface area (Å²) in [6.45, 7) is 4.64. The molecule has 0 radical (unpaired) electrons. The van der Waals surface area contributed by atoms with Crippen molar-refractivity contribution < 1.29 is 9.53 Å². The van der Waals surface area contributed by atoms with Gasteiger partial charge in [-0.3, -0.25) is 0 Å². The Bertz CT molecular complexity index is 423. The summed E-state index contributed by atoms with van der Waals surface area (Å²) in [5.74, 6) is 0.860. The minimum Gasteiger partial charge on any atom is -0.491 e. The van der Waals surface area contributed by atoms with E-state index in [0.29, 0.717) is 13.2 Å². The first-order valence-electron chi connectivity index (χ1n) is 5.58. The lowest BCUT2D eigenvalue weighted by molar-refractivity contribution is 0.202. The molecule has 1 aromatic carbocycles. The second-order valence-electron chi connectivity index (χ2n) is 3.98. The van der Waals surface area contributed by atoms with Gasteiger partial charge in [0, 0.05) is 17.6 Å². The Morgan fingerprint density at radius 2 is 2.35 bits per heavy atom. The Hall–Kier alpha value is -1.23. The number of aryl methyl sites for hydroxylation is 1. The third kappa shape index (κ3) is 3.12. The van der Waals surface area contributed by atoms with Gasteiger partial charge in [0.15, 0.2) is 0 Å². The van der Waals surface area contributed by atoms with Gasteiger partial charge in [-0.1, -0.05) is 22.0 Å². The van der Waals surface area contributed by atoms with Crippen LogP contribution in [-0.2, 0) is 0 Å². The average molecular weight is 299 g/mol. The van der Waals surface area contributed by atoms with Crippen molar-refractivity contribution in [1.82, 2.24) is 10.2 Å². The van der Waals surface area contributed by atoms with Gasteiger partial charge in [-0.05, 0) is 24.6 Å². The van der Waals surface area contributed by atoms with E-state index in [4.69, 9.17) is 4.74 Å². The van der Waals surface area contributed by atoms with Crippen LogP contribution < -0.4 is 10.1 Å². The molecule has 2 rings (SSSR count). The van der Waals surface area contributed by atoms with Gasteiger partial charge < -0.3 is 15.0 Å². The number of hydrogen-bond donors (Lipinski definition) is 1. The lowest BCUT2D eigenvalue weighted by Gasteiger charge is -2.15. The highest BCUT2D eigenvalue weighted by Gasteiger charge is 2.18. The smallest absolute Gasteiger partial charge is 0.317 e. The van der Waals surface area contributed by atoms with Crippen LogP contribution in [0.25, 0.3) is 0 Å². The molecule has 17 heavy (non-hydrogen) atoms. The van der Waals surface area contributed by atoms with Crippen LogP contribution in [0.4, 0.5) is 4.79 Å². The molecule has 0 saturated carbocycles. The molecular formula is C12H15BrN2O2. The van der Waals surface area contributed by atoms with E-state index in [-0.39, 0.29) is 6.03 Å². The third-order valence-electron chi connectivity index (χ3n) is 2.71. The molecule has 1 aromatic rings.